The maximum atomic E-state index is 13.7. The van der Waals surface area contributed by atoms with E-state index < -0.39 is 23.1 Å². The predicted molar refractivity (Wildman–Crippen MR) is 78.2 cm³/mol. The number of benzene rings is 2. The van der Waals surface area contributed by atoms with Crippen LogP contribution >= 0.6 is 15.9 Å². The fourth-order valence-corrected chi connectivity index (χ4v) is 2.27. The molecule has 0 fully saturated rings. The molecule has 2 rings (SSSR count). The van der Waals surface area contributed by atoms with E-state index in [1.165, 1.54) is 7.11 Å². The Morgan fingerprint density at radius 3 is 2.48 bits per heavy atom. The summed E-state index contributed by atoms with van der Waals surface area (Å²) in [6.45, 7) is 0.109. The van der Waals surface area contributed by atoms with Crippen LogP contribution in [0.1, 0.15) is 15.9 Å². The van der Waals surface area contributed by atoms with Gasteiger partial charge in [0.25, 0.3) is 5.91 Å². The number of halogens is 3. The third-order valence-corrected chi connectivity index (χ3v) is 3.32. The van der Waals surface area contributed by atoms with E-state index in [9.17, 15) is 13.6 Å². The van der Waals surface area contributed by atoms with Crippen LogP contribution < -0.4 is 10.1 Å². The lowest BCUT2D eigenvalue weighted by molar-refractivity contribution is 0.0942. The number of carbonyl (C=O) groups excluding carboxylic acids is 1. The van der Waals surface area contributed by atoms with Crippen LogP contribution in [-0.4, -0.2) is 13.0 Å². The third kappa shape index (κ3) is 3.58. The van der Waals surface area contributed by atoms with Gasteiger partial charge in [-0.15, -0.1) is 0 Å². The van der Waals surface area contributed by atoms with Crippen molar-refractivity contribution in [3.8, 4) is 5.75 Å². The molecule has 21 heavy (non-hydrogen) atoms. The lowest BCUT2D eigenvalue weighted by atomic mass is 10.1. The minimum absolute atomic E-state index is 0.109. The molecule has 1 amide bonds. The molecule has 3 nitrogen and oxygen atoms in total. The van der Waals surface area contributed by atoms with Crippen LogP contribution in [0.2, 0.25) is 0 Å². The molecule has 0 aliphatic carbocycles. The van der Waals surface area contributed by atoms with Crippen molar-refractivity contribution < 1.29 is 18.3 Å². The Labute approximate surface area is 129 Å². The molecule has 0 atom stereocenters. The van der Waals surface area contributed by atoms with Gasteiger partial charge in [0, 0.05) is 16.6 Å². The molecule has 0 spiro atoms. The van der Waals surface area contributed by atoms with Gasteiger partial charge < -0.3 is 10.1 Å². The Morgan fingerprint density at radius 1 is 1.24 bits per heavy atom. The minimum atomic E-state index is -0.917. The zero-order valence-corrected chi connectivity index (χ0v) is 12.7. The van der Waals surface area contributed by atoms with Crippen molar-refractivity contribution in [3.05, 3.63) is 63.6 Å². The van der Waals surface area contributed by atoms with Gasteiger partial charge in [-0.05, 0) is 18.2 Å². The summed E-state index contributed by atoms with van der Waals surface area (Å²) < 4.78 is 32.7. The number of methoxy groups -OCH3 is 1. The van der Waals surface area contributed by atoms with E-state index in [1.807, 2.05) is 0 Å². The highest BCUT2D eigenvalue weighted by Gasteiger charge is 2.18. The normalized spacial score (nSPS) is 10.3. The molecule has 0 aliphatic rings. The van der Waals surface area contributed by atoms with Gasteiger partial charge in [-0.25, -0.2) is 8.78 Å². The maximum absolute atomic E-state index is 13.7. The average molecular weight is 356 g/mol. The van der Waals surface area contributed by atoms with Crippen molar-refractivity contribution in [3.63, 3.8) is 0 Å². The summed E-state index contributed by atoms with van der Waals surface area (Å²) in [5.74, 6) is -2.06. The molecular weight excluding hydrogens is 344 g/mol. The number of nitrogens with one attached hydrogen (secondary N) is 1. The second kappa shape index (κ2) is 6.67. The highest BCUT2D eigenvalue weighted by Crippen LogP contribution is 2.20. The molecule has 1 N–H and O–H groups in total. The molecule has 110 valence electrons. The van der Waals surface area contributed by atoms with Gasteiger partial charge in [0.15, 0.2) is 0 Å². The van der Waals surface area contributed by atoms with E-state index in [4.69, 9.17) is 4.74 Å². The summed E-state index contributed by atoms with van der Waals surface area (Å²) in [6.07, 6.45) is 0. The molecule has 0 aromatic heterocycles. The van der Waals surface area contributed by atoms with Gasteiger partial charge in [0.2, 0.25) is 0 Å². The van der Waals surface area contributed by atoms with Crippen molar-refractivity contribution in [2.75, 3.05) is 7.11 Å². The molecule has 6 heteroatoms. The van der Waals surface area contributed by atoms with Crippen molar-refractivity contribution in [2.45, 2.75) is 6.54 Å². The van der Waals surface area contributed by atoms with Crippen molar-refractivity contribution in [1.82, 2.24) is 5.32 Å². The van der Waals surface area contributed by atoms with Gasteiger partial charge in [-0.1, -0.05) is 34.1 Å². The van der Waals surface area contributed by atoms with Gasteiger partial charge in [0.1, 0.15) is 22.9 Å². The standard InChI is InChI=1S/C15H12BrF2NO2/c1-21-13-5-3-2-4-9(13)8-19-15(20)14-11(17)6-10(16)7-12(14)18/h2-7H,8H2,1H3,(H,19,20). The van der Waals surface area contributed by atoms with Crippen LogP contribution in [-0.2, 0) is 6.54 Å². The second-order valence-electron chi connectivity index (χ2n) is 4.24. The average Bonchev–Trinajstić information content (AvgIpc) is 2.44. The quantitative estimate of drug-likeness (QED) is 0.908. The molecule has 2 aromatic carbocycles. The molecule has 0 aliphatic heterocycles. The van der Waals surface area contributed by atoms with Crippen LogP contribution in [0.5, 0.6) is 5.75 Å². The summed E-state index contributed by atoms with van der Waals surface area (Å²) in [5.41, 5.74) is 0.111. The van der Waals surface area contributed by atoms with E-state index in [0.29, 0.717) is 11.3 Å². The zero-order valence-electron chi connectivity index (χ0n) is 11.1. The SMILES string of the molecule is COc1ccccc1CNC(=O)c1c(F)cc(Br)cc1F. The number of carbonyl (C=O) groups is 1. The topological polar surface area (TPSA) is 38.3 Å². The van der Waals surface area contributed by atoms with E-state index in [-0.39, 0.29) is 11.0 Å². The van der Waals surface area contributed by atoms with Crippen LogP contribution in [0.15, 0.2) is 40.9 Å². The fraction of sp³-hybridized carbons (Fsp3) is 0.133. The summed E-state index contributed by atoms with van der Waals surface area (Å²) in [6, 6.07) is 9.15. The number of ether oxygens (including phenoxy) is 1. The Kier molecular flexibility index (Phi) is 4.90. The lowest BCUT2D eigenvalue weighted by Gasteiger charge is -2.10. The number of hydrogen-bond acceptors (Lipinski definition) is 2. The van der Waals surface area contributed by atoms with Crippen molar-refractivity contribution in [1.29, 1.82) is 0 Å². The first-order valence-corrected chi connectivity index (χ1v) is 6.87. The van der Waals surface area contributed by atoms with Gasteiger partial charge >= 0.3 is 0 Å². The molecule has 0 saturated heterocycles. The third-order valence-electron chi connectivity index (χ3n) is 2.87. The summed E-state index contributed by atoms with van der Waals surface area (Å²) in [4.78, 5) is 11.9. The molecule has 0 radical (unpaired) electrons. The molecule has 0 saturated carbocycles. The summed E-state index contributed by atoms with van der Waals surface area (Å²) in [7, 11) is 1.51. The molecule has 0 bridgehead atoms. The van der Waals surface area contributed by atoms with E-state index in [2.05, 4.69) is 21.2 Å². The number of amides is 1. The highest BCUT2D eigenvalue weighted by atomic mass is 79.9. The largest absolute Gasteiger partial charge is 0.496 e. The Morgan fingerprint density at radius 2 is 1.86 bits per heavy atom. The first kappa shape index (κ1) is 15.4. The second-order valence-corrected chi connectivity index (χ2v) is 5.15. The monoisotopic (exact) mass is 355 g/mol. The molecular formula is C15H12BrF2NO2. The first-order chi connectivity index (χ1) is 10.0. The van der Waals surface area contributed by atoms with E-state index >= 15 is 0 Å². The first-order valence-electron chi connectivity index (χ1n) is 6.07. The van der Waals surface area contributed by atoms with Gasteiger partial charge in [-0.2, -0.15) is 0 Å². The van der Waals surface area contributed by atoms with Gasteiger partial charge in [0.05, 0.1) is 7.11 Å². The van der Waals surface area contributed by atoms with Gasteiger partial charge in [-0.3, -0.25) is 4.79 Å². The maximum Gasteiger partial charge on any atom is 0.257 e. The summed E-state index contributed by atoms with van der Waals surface area (Å²) >= 11 is 2.96. The van der Waals surface area contributed by atoms with Crippen LogP contribution in [0, 0.1) is 11.6 Å². The van der Waals surface area contributed by atoms with Crippen LogP contribution in [0.4, 0.5) is 8.78 Å². The molecule has 0 unspecified atom stereocenters. The van der Waals surface area contributed by atoms with Crippen molar-refractivity contribution >= 4 is 21.8 Å². The van der Waals surface area contributed by atoms with Crippen LogP contribution in [0.25, 0.3) is 0 Å². The minimum Gasteiger partial charge on any atom is -0.496 e. The predicted octanol–water partition coefficient (Wildman–Crippen LogP) is 3.67. The number of para-hydroxylation sites is 1. The summed E-state index contributed by atoms with van der Waals surface area (Å²) in [5, 5.41) is 2.48. The smallest absolute Gasteiger partial charge is 0.257 e. The lowest BCUT2D eigenvalue weighted by Crippen LogP contribution is -2.25. The fourth-order valence-electron chi connectivity index (χ4n) is 1.87. The Balaban J connectivity index is 2.16. The number of rotatable bonds is 4. The Hall–Kier alpha value is -1.95. The Bertz CT molecular complexity index is 653. The number of hydrogen-bond donors (Lipinski definition) is 1. The van der Waals surface area contributed by atoms with Crippen LogP contribution in [0.3, 0.4) is 0 Å². The van der Waals surface area contributed by atoms with E-state index in [1.54, 1.807) is 24.3 Å². The molecule has 2 aromatic rings. The zero-order chi connectivity index (χ0) is 15.4. The van der Waals surface area contributed by atoms with Crippen molar-refractivity contribution in [2.24, 2.45) is 0 Å². The van der Waals surface area contributed by atoms with E-state index in [0.717, 1.165) is 12.1 Å². The molecule has 0 heterocycles. The highest BCUT2D eigenvalue weighted by molar-refractivity contribution is 9.10.